The highest BCUT2D eigenvalue weighted by molar-refractivity contribution is 5.65. The Hall–Kier alpha value is -1.51. The third kappa shape index (κ3) is 9.11. The van der Waals surface area contributed by atoms with E-state index in [0.29, 0.717) is 13.2 Å². The zero-order valence-corrected chi connectivity index (χ0v) is 13.4. The van der Waals surface area contributed by atoms with Crippen LogP contribution in [0.15, 0.2) is 24.3 Å². The summed E-state index contributed by atoms with van der Waals surface area (Å²) in [6.07, 6.45) is 9.10. The lowest BCUT2D eigenvalue weighted by atomic mass is 10.0. The first-order valence-electron chi connectivity index (χ1n) is 8.07. The molecule has 0 aliphatic carbocycles. The minimum Gasteiger partial charge on any atom is -0.490 e. The first-order chi connectivity index (χ1) is 10.2. The summed E-state index contributed by atoms with van der Waals surface area (Å²) in [5.74, 6) is 0.557. The molecule has 0 saturated carbocycles. The summed E-state index contributed by atoms with van der Waals surface area (Å²) in [4.78, 5) is 10.6. The van der Waals surface area contributed by atoms with Crippen molar-refractivity contribution in [2.75, 3.05) is 13.2 Å². The molecule has 0 saturated heterocycles. The zero-order chi connectivity index (χ0) is 15.3. The second-order valence-corrected chi connectivity index (χ2v) is 5.35. The Morgan fingerprint density at radius 2 is 1.62 bits per heavy atom. The quantitative estimate of drug-likeness (QED) is 0.444. The number of esters is 1. The van der Waals surface area contributed by atoms with Crippen LogP contribution in [-0.4, -0.2) is 19.2 Å². The molecule has 0 amide bonds. The van der Waals surface area contributed by atoms with Crippen molar-refractivity contribution >= 4 is 5.97 Å². The average Bonchev–Trinajstić information content (AvgIpc) is 2.48. The number of ether oxygens (including phenoxy) is 2. The predicted octanol–water partition coefficient (Wildman–Crippen LogP) is 4.53. The van der Waals surface area contributed by atoms with E-state index in [9.17, 15) is 4.79 Å². The van der Waals surface area contributed by atoms with Gasteiger partial charge in [0.2, 0.25) is 0 Å². The van der Waals surface area contributed by atoms with Gasteiger partial charge in [0.15, 0.2) is 0 Å². The Labute approximate surface area is 128 Å². The molecule has 0 heterocycles. The summed E-state index contributed by atoms with van der Waals surface area (Å²) in [5, 5.41) is 0. The van der Waals surface area contributed by atoms with Gasteiger partial charge in [-0.25, -0.2) is 0 Å². The fourth-order valence-electron chi connectivity index (χ4n) is 2.21. The maximum absolute atomic E-state index is 10.6. The second-order valence-electron chi connectivity index (χ2n) is 5.35. The van der Waals surface area contributed by atoms with E-state index in [1.54, 1.807) is 0 Å². The molecule has 0 spiro atoms. The molecular weight excluding hydrogens is 264 g/mol. The lowest BCUT2D eigenvalue weighted by Gasteiger charge is -2.07. The summed E-state index contributed by atoms with van der Waals surface area (Å²) >= 11 is 0. The molecule has 0 N–H and O–H groups in total. The molecule has 1 rings (SSSR count). The Morgan fingerprint density at radius 1 is 0.952 bits per heavy atom. The van der Waals surface area contributed by atoms with Crippen LogP contribution in [0.2, 0.25) is 0 Å². The Kier molecular flexibility index (Phi) is 9.34. The smallest absolute Gasteiger partial charge is 0.302 e. The zero-order valence-electron chi connectivity index (χ0n) is 13.4. The van der Waals surface area contributed by atoms with E-state index in [1.165, 1.54) is 51.0 Å². The summed E-state index contributed by atoms with van der Waals surface area (Å²) in [6.45, 7) is 4.35. The van der Waals surface area contributed by atoms with E-state index in [4.69, 9.17) is 9.47 Å². The van der Waals surface area contributed by atoms with Crippen LogP contribution in [-0.2, 0) is 16.0 Å². The highest BCUT2D eigenvalue weighted by atomic mass is 16.6. The predicted molar refractivity (Wildman–Crippen MR) is 85.7 cm³/mol. The SMILES string of the molecule is CCCCCCCCc1ccc(OCCOC(C)=O)cc1. The molecule has 0 bridgehead atoms. The molecule has 1 aromatic carbocycles. The molecule has 0 unspecified atom stereocenters. The van der Waals surface area contributed by atoms with Crippen molar-refractivity contribution in [1.29, 1.82) is 0 Å². The van der Waals surface area contributed by atoms with Crippen LogP contribution in [0.4, 0.5) is 0 Å². The molecule has 0 aromatic heterocycles. The van der Waals surface area contributed by atoms with E-state index < -0.39 is 0 Å². The van der Waals surface area contributed by atoms with E-state index >= 15 is 0 Å². The number of carbonyl (C=O) groups is 1. The minimum atomic E-state index is -0.270. The van der Waals surface area contributed by atoms with E-state index in [1.807, 2.05) is 12.1 Å². The number of hydrogen-bond acceptors (Lipinski definition) is 3. The van der Waals surface area contributed by atoms with E-state index in [2.05, 4.69) is 19.1 Å². The van der Waals surface area contributed by atoms with Crippen molar-refractivity contribution in [1.82, 2.24) is 0 Å². The standard InChI is InChI=1S/C18H28O3/c1-3-4-5-6-7-8-9-17-10-12-18(13-11-17)21-15-14-20-16(2)19/h10-13H,3-9,14-15H2,1-2H3. The Morgan fingerprint density at radius 3 is 2.29 bits per heavy atom. The first kappa shape index (κ1) is 17.5. The molecule has 3 heteroatoms. The molecule has 0 aliphatic heterocycles. The van der Waals surface area contributed by atoms with Gasteiger partial charge >= 0.3 is 5.97 Å². The topological polar surface area (TPSA) is 35.5 Å². The van der Waals surface area contributed by atoms with Gasteiger partial charge in [0, 0.05) is 6.92 Å². The van der Waals surface area contributed by atoms with Crippen molar-refractivity contribution < 1.29 is 14.3 Å². The monoisotopic (exact) mass is 292 g/mol. The molecule has 0 radical (unpaired) electrons. The van der Waals surface area contributed by atoms with Crippen LogP contribution in [0, 0.1) is 0 Å². The van der Waals surface area contributed by atoms with E-state index in [-0.39, 0.29) is 5.97 Å². The summed E-state index contributed by atoms with van der Waals surface area (Å²) in [5.41, 5.74) is 1.36. The van der Waals surface area contributed by atoms with Crippen molar-refractivity contribution in [3.63, 3.8) is 0 Å². The van der Waals surface area contributed by atoms with Crippen LogP contribution in [0.25, 0.3) is 0 Å². The summed E-state index contributed by atoms with van der Waals surface area (Å²) in [7, 11) is 0. The highest BCUT2D eigenvalue weighted by Crippen LogP contribution is 2.15. The van der Waals surface area contributed by atoms with Gasteiger partial charge in [-0.2, -0.15) is 0 Å². The van der Waals surface area contributed by atoms with Crippen molar-refractivity contribution in [3.8, 4) is 5.75 Å². The summed E-state index contributed by atoms with van der Waals surface area (Å²) in [6, 6.07) is 8.21. The first-order valence-corrected chi connectivity index (χ1v) is 8.07. The maximum Gasteiger partial charge on any atom is 0.302 e. The van der Waals surface area contributed by atoms with Crippen LogP contribution in [0.3, 0.4) is 0 Å². The second kappa shape index (κ2) is 11.2. The average molecular weight is 292 g/mol. The molecule has 0 atom stereocenters. The van der Waals surface area contributed by atoms with Crippen LogP contribution >= 0.6 is 0 Å². The van der Waals surface area contributed by atoms with Crippen molar-refractivity contribution in [2.45, 2.75) is 58.8 Å². The van der Waals surface area contributed by atoms with Gasteiger partial charge in [-0.15, -0.1) is 0 Å². The Bertz CT molecular complexity index is 384. The lowest BCUT2D eigenvalue weighted by Crippen LogP contribution is -2.09. The van der Waals surface area contributed by atoms with Crippen LogP contribution in [0.1, 0.15) is 57.9 Å². The van der Waals surface area contributed by atoms with Gasteiger partial charge in [-0.05, 0) is 30.5 Å². The van der Waals surface area contributed by atoms with Gasteiger partial charge in [-0.1, -0.05) is 51.2 Å². The number of hydrogen-bond donors (Lipinski definition) is 0. The number of carbonyl (C=O) groups excluding carboxylic acids is 1. The van der Waals surface area contributed by atoms with Crippen molar-refractivity contribution in [2.24, 2.45) is 0 Å². The third-order valence-electron chi connectivity index (χ3n) is 3.40. The van der Waals surface area contributed by atoms with Crippen LogP contribution in [0.5, 0.6) is 5.75 Å². The fourth-order valence-corrected chi connectivity index (χ4v) is 2.21. The molecule has 3 nitrogen and oxygen atoms in total. The Balaban J connectivity index is 2.13. The molecule has 0 aliphatic rings. The van der Waals surface area contributed by atoms with E-state index in [0.717, 1.165) is 12.2 Å². The minimum absolute atomic E-state index is 0.270. The molecule has 1 aromatic rings. The lowest BCUT2D eigenvalue weighted by molar-refractivity contribution is -0.141. The van der Waals surface area contributed by atoms with Crippen LogP contribution < -0.4 is 4.74 Å². The number of rotatable bonds is 11. The van der Waals surface area contributed by atoms with Gasteiger partial charge in [-0.3, -0.25) is 4.79 Å². The van der Waals surface area contributed by atoms with Gasteiger partial charge in [0.25, 0.3) is 0 Å². The third-order valence-corrected chi connectivity index (χ3v) is 3.40. The largest absolute Gasteiger partial charge is 0.490 e. The van der Waals surface area contributed by atoms with Crippen molar-refractivity contribution in [3.05, 3.63) is 29.8 Å². The van der Waals surface area contributed by atoms with Gasteiger partial charge in [0.05, 0.1) is 0 Å². The number of aryl methyl sites for hydroxylation is 1. The van der Waals surface area contributed by atoms with Gasteiger partial charge in [0.1, 0.15) is 19.0 Å². The molecular formula is C18H28O3. The normalized spacial score (nSPS) is 10.4. The van der Waals surface area contributed by atoms with Gasteiger partial charge < -0.3 is 9.47 Å². The summed E-state index contributed by atoms with van der Waals surface area (Å²) < 4.78 is 10.3. The molecule has 21 heavy (non-hydrogen) atoms. The fraction of sp³-hybridized carbons (Fsp3) is 0.611. The molecule has 0 fully saturated rings. The molecule has 118 valence electrons. The number of unbranched alkanes of at least 4 members (excludes halogenated alkanes) is 5. The maximum atomic E-state index is 10.6. The number of benzene rings is 1. The highest BCUT2D eigenvalue weighted by Gasteiger charge is 1.98.